The van der Waals surface area contributed by atoms with Crippen LogP contribution in [0.2, 0.25) is 0 Å². The first-order valence-corrected chi connectivity index (χ1v) is 7.26. The van der Waals surface area contributed by atoms with E-state index in [0.717, 1.165) is 30.7 Å². The number of aromatic nitrogens is 1. The minimum atomic E-state index is -0.434. The van der Waals surface area contributed by atoms with Crippen LogP contribution in [-0.2, 0) is 11.2 Å². The minimum Gasteiger partial charge on any atom is -0.390 e. The Morgan fingerprint density at radius 2 is 2.12 bits per heavy atom. The van der Waals surface area contributed by atoms with E-state index in [0.29, 0.717) is 6.42 Å². The normalized spacial score (nSPS) is 22.0. The van der Waals surface area contributed by atoms with Crippen LogP contribution >= 0.6 is 11.3 Å². The van der Waals surface area contributed by atoms with Crippen molar-refractivity contribution in [2.24, 2.45) is 0 Å². The molecule has 1 unspecified atom stereocenters. The second-order valence-electron chi connectivity index (χ2n) is 4.83. The Morgan fingerprint density at radius 1 is 1.41 bits per heavy atom. The van der Waals surface area contributed by atoms with Crippen molar-refractivity contribution < 1.29 is 9.84 Å². The van der Waals surface area contributed by atoms with Gasteiger partial charge in [0.1, 0.15) is 0 Å². The van der Waals surface area contributed by atoms with E-state index in [2.05, 4.69) is 4.98 Å². The van der Waals surface area contributed by atoms with Gasteiger partial charge in [0.15, 0.2) is 0 Å². The van der Waals surface area contributed by atoms with Gasteiger partial charge < -0.3 is 9.84 Å². The first-order valence-electron chi connectivity index (χ1n) is 6.38. The van der Waals surface area contributed by atoms with Crippen molar-refractivity contribution in [3.05, 3.63) is 16.6 Å². The van der Waals surface area contributed by atoms with Crippen LogP contribution in [0, 0.1) is 0 Å². The van der Waals surface area contributed by atoms with Gasteiger partial charge in [0.25, 0.3) is 0 Å². The van der Waals surface area contributed by atoms with Gasteiger partial charge in [-0.3, -0.25) is 0 Å². The highest BCUT2D eigenvalue weighted by Crippen LogP contribution is 2.34. The summed E-state index contributed by atoms with van der Waals surface area (Å²) in [7, 11) is 1.73. The summed E-state index contributed by atoms with van der Waals surface area (Å²) in [5, 5.41) is 13.4. The Bertz CT molecular complexity index is 318. The molecule has 2 rings (SSSR count). The molecule has 1 aromatic rings. The van der Waals surface area contributed by atoms with E-state index in [-0.39, 0.29) is 5.60 Å². The molecule has 0 aliphatic heterocycles. The molecule has 1 fully saturated rings. The lowest BCUT2D eigenvalue weighted by molar-refractivity contribution is -0.111. The Labute approximate surface area is 107 Å². The topological polar surface area (TPSA) is 42.4 Å². The van der Waals surface area contributed by atoms with Gasteiger partial charge in [-0.25, -0.2) is 4.98 Å². The smallest absolute Gasteiger partial charge is 0.0951 e. The fraction of sp³-hybridized carbons (Fsp3) is 0.769. The van der Waals surface area contributed by atoms with E-state index in [1.54, 1.807) is 24.6 Å². The SMILES string of the molecule is COC1(C(O)Cc2nccs2)CCCCCC1. The van der Waals surface area contributed by atoms with E-state index in [1.807, 2.05) is 5.38 Å². The molecule has 4 heteroatoms. The molecule has 0 spiro atoms. The van der Waals surface area contributed by atoms with Gasteiger partial charge in [-0.1, -0.05) is 25.7 Å². The zero-order valence-electron chi connectivity index (χ0n) is 10.4. The number of aliphatic hydroxyl groups is 1. The molecule has 0 amide bonds. The Kier molecular flexibility index (Phi) is 4.54. The minimum absolute atomic E-state index is 0.345. The molecule has 0 saturated heterocycles. The third-order valence-corrected chi connectivity index (χ3v) is 4.62. The van der Waals surface area contributed by atoms with Gasteiger partial charge in [-0.05, 0) is 12.8 Å². The molecule has 1 atom stereocenters. The monoisotopic (exact) mass is 255 g/mol. The number of ether oxygens (including phenoxy) is 1. The third-order valence-electron chi connectivity index (χ3n) is 3.82. The van der Waals surface area contributed by atoms with Crippen molar-refractivity contribution in [3.8, 4) is 0 Å². The summed E-state index contributed by atoms with van der Waals surface area (Å²) in [6.07, 6.45) is 8.74. The molecule has 1 N–H and O–H groups in total. The van der Waals surface area contributed by atoms with Crippen molar-refractivity contribution in [2.75, 3.05) is 7.11 Å². The number of hydrogen-bond donors (Lipinski definition) is 1. The highest BCUT2D eigenvalue weighted by molar-refractivity contribution is 7.09. The van der Waals surface area contributed by atoms with Crippen LogP contribution in [-0.4, -0.2) is 28.9 Å². The van der Waals surface area contributed by atoms with Gasteiger partial charge in [-0.15, -0.1) is 11.3 Å². The van der Waals surface area contributed by atoms with Crippen LogP contribution in [0.1, 0.15) is 43.5 Å². The first-order chi connectivity index (χ1) is 8.27. The summed E-state index contributed by atoms with van der Waals surface area (Å²) >= 11 is 1.60. The number of aliphatic hydroxyl groups excluding tert-OH is 1. The van der Waals surface area contributed by atoms with Crippen LogP contribution < -0.4 is 0 Å². The van der Waals surface area contributed by atoms with Crippen molar-refractivity contribution in [3.63, 3.8) is 0 Å². The highest BCUT2D eigenvalue weighted by Gasteiger charge is 2.38. The standard InChI is InChI=1S/C13H21NO2S/c1-16-13(6-4-2-3-5-7-13)11(15)10-12-14-8-9-17-12/h8-9,11,15H,2-7,10H2,1H3. The number of hydrogen-bond acceptors (Lipinski definition) is 4. The average Bonchev–Trinajstić information content (AvgIpc) is 2.72. The maximum atomic E-state index is 10.5. The molecule has 1 heterocycles. The molecule has 0 bridgehead atoms. The lowest BCUT2D eigenvalue weighted by atomic mass is 9.86. The molecule has 3 nitrogen and oxygen atoms in total. The van der Waals surface area contributed by atoms with Crippen molar-refractivity contribution in [1.82, 2.24) is 4.98 Å². The Morgan fingerprint density at radius 3 is 2.65 bits per heavy atom. The Balaban J connectivity index is 2.04. The summed E-state index contributed by atoms with van der Waals surface area (Å²) < 4.78 is 5.70. The van der Waals surface area contributed by atoms with Gasteiger partial charge >= 0.3 is 0 Å². The van der Waals surface area contributed by atoms with Crippen LogP contribution in [0.4, 0.5) is 0 Å². The number of methoxy groups -OCH3 is 1. The summed E-state index contributed by atoms with van der Waals surface area (Å²) in [6, 6.07) is 0. The molecule has 96 valence electrons. The zero-order valence-corrected chi connectivity index (χ0v) is 11.2. The molecular formula is C13H21NO2S. The maximum absolute atomic E-state index is 10.5. The highest BCUT2D eigenvalue weighted by atomic mass is 32.1. The van der Waals surface area contributed by atoms with E-state index in [9.17, 15) is 5.11 Å². The van der Waals surface area contributed by atoms with E-state index < -0.39 is 6.10 Å². The van der Waals surface area contributed by atoms with Crippen molar-refractivity contribution >= 4 is 11.3 Å². The average molecular weight is 255 g/mol. The molecule has 1 aliphatic carbocycles. The number of rotatable bonds is 4. The Hall–Kier alpha value is -0.450. The molecule has 1 saturated carbocycles. The van der Waals surface area contributed by atoms with Crippen LogP contribution in [0.5, 0.6) is 0 Å². The predicted octanol–water partition coefficient (Wildman–Crippen LogP) is 2.79. The largest absolute Gasteiger partial charge is 0.390 e. The molecule has 0 aromatic carbocycles. The van der Waals surface area contributed by atoms with Gasteiger partial charge in [0.2, 0.25) is 0 Å². The summed E-state index contributed by atoms with van der Waals surface area (Å²) in [5.74, 6) is 0. The molecule has 1 aliphatic rings. The second kappa shape index (κ2) is 5.94. The lowest BCUT2D eigenvalue weighted by Gasteiger charge is -2.35. The molecular weight excluding hydrogens is 234 g/mol. The van der Waals surface area contributed by atoms with Crippen LogP contribution in [0.25, 0.3) is 0 Å². The molecule has 1 aromatic heterocycles. The number of thiazole rings is 1. The van der Waals surface area contributed by atoms with Gasteiger partial charge in [-0.2, -0.15) is 0 Å². The maximum Gasteiger partial charge on any atom is 0.0951 e. The molecule has 0 radical (unpaired) electrons. The summed E-state index contributed by atoms with van der Waals surface area (Å²) in [6.45, 7) is 0. The van der Waals surface area contributed by atoms with Gasteiger partial charge in [0, 0.05) is 25.1 Å². The fourth-order valence-electron chi connectivity index (χ4n) is 2.71. The second-order valence-corrected chi connectivity index (χ2v) is 5.81. The van der Waals surface area contributed by atoms with Crippen LogP contribution in [0.3, 0.4) is 0 Å². The first kappa shape index (κ1) is 13.0. The summed E-state index contributed by atoms with van der Waals surface area (Å²) in [4.78, 5) is 4.24. The zero-order chi connectivity index (χ0) is 12.1. The molecule has 17 heavy (non-hydrogen) atoms. The third kappa shape index (κ3) is 3.06. The van der Waals surface area contributed by atoms with Gasteiger partial charge in [0.05, 0.1) is 16.7 Å². The quantitative estimate of drug-likeness (QED) is 0.841. The fourth-order valence-corrected chi connectivity index (χ4v) is 3.36. The summed E-state index contributed by atoms with van der Waals surface area (Å²) in [5.41, 5.74) is -0.345. The van der Waals surface area contributed by atoms with E-state index >= 15 is 0 Å². The van der Waals surface area contributed by atoms with Crippen molar-refractivity contribution in [2.45, 2.75) is 56.7 Å². The lowest BCUT2D eigenvalue weighted by Crippen LogP contribution is -2.45. The van der Waals surface area contributed by atoms with Crippen LogP contribution in [0.15, 0.2) is 11.6 Å². The van der Waals surface area contributed by atoms with E-state index in [1.165, 1.54) is 12.8 Å². The number of nitrogens with zero attached hydrogens (tertiary/aromatic N) is 1. The predicted molar refractivity (Wildman–Crippen MR) is 69.3 cm³/mol. The van der Waals surface area contributed by atoms with E-state index in [4.69, 9.17) is 4.74 Å². The van der Waals surface area contributed by atoms with Crippen molar-refractivity contribution in [1.29, 1.82) is 0 Å².